The minimum absolute atomic E-state index is 0. The first-order valence-corrected chi connectivity index (χ1v) is 8.81. The topological polar surface area (TPSA) is 54.2 Å². The quantitative estimate of drug-likeness (QED) is 0.277. The first-order valence-electron chi connectivity index (χ1n) is 8.81. The Bertz CT molecular complexity index is 651. The molecule has 0 atom stereocenters. The Morgan fingerprint density at radius 1 is 1.16 bits per heavy atom. The monoisotopic (exact) mass is 455 g/mol. The van der Waals surface area contributed by atoms with E-state index in [9.17, 15) is 0 Å². The second-order valence-electron chi connectivity index (χ2n) is 5.88. The van der Waals surface area contributed by atoms with Crippen molar-refractivity contribution in [2.24, 2.45) is 4.99 Å². The number of guanidine groups is 1. The lowest BCUT2D eigenvalue weighted by Gasteiger charge is -2.12. The summed E-state index contributed by atoms with van der Waals surface area (Å²) in [5, 5.41) is 11.0. The van der Waals surface area contributed by atoms with Gasteiger partial charge < -0.3 is 10.6 Å². The van der Waals surface area contributed by atoms with Crippen LogP contribution in [0.15, 0.2) is 41.7 Å². The predicted molar refractivity (Wildman–Crippen MR) is 116 cm³/mol. The SMILES string of the molecule is CCNC(=NCc1ccccc1CC)NCCCn1cc(C)cn1.I. The number of nitrogens with zero attached hydrogens (tertiary/aromatic N) is 3. The molecule has 0 bridgehead atoms. The van der Waals surface area contributed by atoms with Gasteiger partial charge in [0, 0.05) is 25.8 Å². The van der Waals surface area contributed by atoms with E-state index in [1.807, 2.05) is 10.9 Å². The van der Waals surface area contributed by atoms with Crippen LogP contribution < -0.4 is 10.6 Å². The third-order valence-corrected chi connectivity index (χ3v) is 3.87. The maximum Gasteiger partial charge on any atom is 0.191 e. The van der Waals surface area contributed by atoms with Crippen molar-refractivity contribution < 1.29 is 0 Å². The summed E-state index contributed by atoms with van der Waals surface area (Å²) in [5.74, 6) is 0.875. The molecule has 1 aromatic carbocycles. The summed E-state index contributed by atoms with van der Waals surface area (Å²) in [6.45, 7) is 9.69. The molecule has 5 nitrogen and oxygen atoms in total. The standard InChI is InChI=1S/C19H29N5.HI/c1-4-17-9-6-7-10-18(17)14-22-19(20-5-2)21-11-8-12-24-15-16(3)13-23-24;/h6-7,9-10,13,15H,4-5,8,11-12,14H2,1-3H3,(H2,20,21,22);1H. The van der Waals surface area contributed by atoms with Crippen LogP contribution in [0, 0.1) is 6.92 Å². The van der Waals surface area contributed by atoms with Crippen molar-refractivity contribution in [3.63, 3.8) is 0 Å². The third kappa shape index (κ3) is 7.46. The maximum atomic E-state index is 4.71. The lowest BCUT2D eigenvalue weighted by atomic mass is 10.1. The average Bonchev–Trinajstić information content (AvgIpc) is 3.02. The van der Waals surface area contributed by atoms with Gasteiger partial charge in [-0.25, -0.2) is 4.99 Å². The molecule has 2 rings (SSSR count). The summed E-state index contributed by atoms with van der Waals surface area (Å²) < 4.78 is 1.98. The van der Waals surface area contributed by atoms with E-state index in [-0.39, 0.29) is 24.0 Å². The maximum absolute atomic E-state index is 4.71. The van der Waals surface area contributed by atoms with Gasteiger partial charge in [0.1, 0.15) is 0 Å². The largest absolute Gasteiger partial charge is 0.357 e. The van der Waals surface area contributed by atoms with Gasteiger partial charge in [-0.3, -0.25) is 4.68 Å². The van der Waals surface area contributed by atoms with Crippen molar-refractivity contribution in [2.45, 2.75) is 46.7 Å². The van der Waals surface area contributed by atoms with Crippen molar-refractivity contribution in [2.75, 3.05) is 13.1 Å². The van der Waals surface area contributed by atoms with Crippen molar-refractivity contribution >= 4 is 29.9 Å². The van der Waals surface area contributed by atoms with E-state index in [2.05, 4.69) is 67.0 Å². The zero-order valence-corrected chi connectivity index (χ0v) is 17.8. The molecule has 6 heteroatoms. The molecule has 1 aromatic heterocycles. The summed E-state index contributed by atoms with van der Waals surface area (Å²) in [5.41, 5.74) is 3.86. The number of hydrogen-bond donors (Lipinski definition) is 2. The highest BCUT2D eigenvalue weighted by Crippen LogP contribution is 2.10. The van der Waals surface area contributed by atoms with Crippen LogP contribution in [0.4, 0.5) is 0 Å². The number of aliphatic imine (C=N–C) groups is 1. The number of hydrogen-bond acceptors (Lipinski definition) is 2. The molecule has 0 saturated heterocycles. The highest BCUT2D eigenvalue weighted by molar-refractivity contribution is 14.0. The smallest absolute Gasteiger partial charge is 0.191 e. The van der Waals surface area contributed by atoms with Crippen LogP contribution in [-0.2, 0) is 19.5 Å². The van der Waals surface area contributed by atoms with Crippen molar-refractivity contribution in [3.05, 3.63) is 53.3 Å². The average molecular weight is 455 g/mol. The van der Waals surface area contributed by atoms with Gasteiger partial charge in [0.25, 0.3) is 0 Å². The molecular formula is C19H30IN5. The summed E-state index contributed by atoms with van der Waals surface area (Å²) >= 11 is 0. The first-order chi connectivity index (χ1) is 11.7. The molecule has 0 fully saturated rings. The molecule has 25 heavy (non-hydrogen) atoms. The van der Waals surface area contributed by atoms with Gasteiger partial charge in [0.05, 0.1) is 12.7 Å². The Hall–Kier alpha value is -1.57. The molecule has 0 aliphatic carbocycles. The molecule has 0 unspecified atom stereocenters. The minimum Gasteiger partial charge on any atom is -0.357 e. The lowest BCUT2D eigenvalue weighted by molar-refractivity contribution is 0.570. The fraction of sp³-hybridized carbons (Fsp3) is 0.474. The normalized spacial score (nSPS) is 11.1. The van der Waals surface area contributed by atoms with Gasteiger partial charge in [-0.1, -0.05) is 31.2 Å². The number of nitrogens with one attached hydrogen (secondary N) is 2. The highest BCUT2D eigenvalue weighted by atomic mass is 127. The Morgan fingerprint density at radius 3 is 2.56 bits per heavy atom. The van der Waals surface area contributed by atoms with Gasteiger partial charge in [0.15, 0.2) is 5.96 Å². The Balaban J connectivity index is 0.00000312. The van der Waals surface area contributed by atoms with Gasteiger partial charge >= 0.3 is 0 Å². The highest BCUT2D eigenvalue weighted by Gasteiger charge is 2.01. The predicted octanol–water partition coefficient (Wildman–Crippen LogP) is 3.52. The summed E-state index contributed by atoms with van der Waals surface area (Å²) in [6.07, 6.45) is 6.02. The minimum atomic E-state index is 0. The van der Waals surface area contributed by atoms with Crippen LogP contribution in [0.5, 0.6) is 0 Å². The van der Waals surface area contributed by atoms with E-state index in [1.54, 1.807) is 0 Å². The molecule has 0 spiro atoms. The zero-order chi connectivity index (χ0) is 17.2. The third-order valence-electron chi connectivity index (χ3n) is 3.87. The number of rotatable bonds is 8. The molecule has 1 heterocycles. The molecule has 0 radical (unpaired) electrons. The van der Waals surface area contributed by atoms with Gasteiger partial charge in [-0.05, 0) is 43.4 Å². The van der Waals surface area contributed by atoms with Crippen LogP contribution in [0.1, 0.15) is 37.0 Å². The summed E-state index contributed by atoms with van der Waals surface area (Å²) in [6, 6.07) is 8.51. The molecule has 0 aliphatic rings. The van der Waals surface area contributed by atoms with Crippen LogP contribution in [0.2, 0.25) is 0 Å². The van der Waals surface area contributed by atoms with Gasteiger partial charge in [-0.2, -0.15) is 5.10 Å². The molecule has 0 amide bonds. The van der Waals surface area contributed by atoms with Crippen molar-refractivity contribution in [1.29, 1.82) is 0 Å². The number of halogens is 1. The van der Waals surface area contributed by atoms with E-state index in [4.69, 9.17) is 4.99 Å². The van der Waals surface area contributed by atoms with Crippen molar-refractivity contribution in [1.82, 2.24) is 20.4 Å². The molecular weight excluding hydrogens is 425 g/mol. The van der Waals surface area contributed by atoms with E-state index >= 15 is 0 Å². The Kier molecular flexibility index (Phi) is 10.2. The number of aryl methyl sites for hydroxylation is 3. The second-order valence-corrected chi connectivity index (χ2v) is 5.88. The van der Waals surface area contributed by atoms with E-state index in [0.29, 0.717) is 6.54 Å². The van der Waals surface area contributed by atoms with Crippen LogP contribution in [0.3, 0.4) is 0 Å². The van der Waals surface area contributed by atoms with E-state index < -0.39 is 0 Å². The van der Waals surface area contributed by atoms with Crippen molar-refractivity contribution in [3.8, 4) is 0 Å². The molecule has 2 aromatic rings. The fourth-order valence-corrected chi connectivity index (χ4v) is 2.60. The zero-order valence-electron chi connectivity index (χ0n) is 15.5. The molecule has 138 valence electrons. The summed E-state index contributed by atoms with van der Waals surface area (Å²) in [4.78, 5) is 4.71. The lowest BCUT2D eigenvalue weighted by Crippen LogP contribution is -2.38. The Labute approximate surface area is 168 Å². The van der Waals surface area contributed by atoms with Gasteiger partial charge in [-0.15, -0.1) is 24.0 Å². The molecule has 2 N–H and O–H groups in total. The number of benzene rings is 1. The summed E-state index contributed by atoms with van der Waals surface area (Å²) in [7, 11) is 0. The number of aromatic nitrogens is 2. The Morgan fingerprint density at radius 2 is 1.92 bits per heavy atom. The van der Waals surface area contributed by atoms with E-state index in [1.165, 1.54) is 16.7 Å². The van der Waals surface area contributed by atoms with E-state index in [0.717, 1.165) is 38.4 Å². The first kappa shape index (κ1) is 21.5. The van der Waals surface area contributed by atoms with Crippen LogP contribution >= 0.6 is 24.0 Å². The van der Waals surface area contributed by atoms with Gasteiger partial charge in [0.2, 0.25) is 0 Å². The fourth-order valence-electron chi connectivity index (χ4n) is 2.60. The second kappa shape index (κ2) is 11.9. The molecule has 0 saturated carbocycles. The van der Waals surface area contributed by atoms with Crippen LogP contribution in [-0.4, -0.2) is 28.8 Å². The van der Waals surface area contributed by atoms with Crippen LogP contribution in [0.25, 0.3) is 0 Å². The molecule has 0 aliphatic heterocycles.